The van der Waals surface area contributed by atoms with Crippen molar-refractivity contribution < 1.29 is 0 Å². The number of nitrogens with two attached hydrogens (primary N) is 1. The van der Waals surface area contributed by atoms with Crippen molar-refractivity contribution in [2.24, 2.45) is 0 Å². The van der Waals surface area contributed by atoms with Gasteiger partial charge in [-0.2, -0.15) is 9.97 Å². The first-order chi connectivity index (χ1) is 31.6. The van der Waals surface area contributed by atoms with Gasteiger partial charge in [-0.15, -0.1) is 0 Å². The van der Waals surface area contributed by atoms with Gasteiger partial charge in [0.05, 0.1) is 33.1 Å². The van der Waals surface area contributed by atoms with E-state index in [-0.39, 0.29) is 0 Å². The molecule has 2 N–H and O–H groups in total. The Morgan fingerprint density at radius 3 is 1.34 bits per heavy atom. The van der Waals surface area contributed by atoms with Gasteiger partial charge < -0.3 is 14.9 Å². The average Bonchev–Trinajstić information content (AvgIpc) is 3.99. The van der Waals surface area contributed by atoms with E-state index in [1.165, 1.54) is 21.8 Å². The molecule has 0 aliphatic rings. The number of hydrogen-bond donors (Lipinski definition) is 1. The van der Waals surface area contributed by atoms with Crippen molar-refractivity contribution in [2.45, 2.75) is 0 Å². The molecule has 0 bridgehead atoms. The molecule has 13 rings (SSSR count). The molecule has 9 aromatic carbocycles. The number of aromatic nitrogens is 6. The summed E-state index contributed by atoms with van der Waals surface area (Å²) in [5.41, 5.74) is 20.1. The molecule has 0 atom stereocenters. The minimum absolute atomic E-state index is 0.569. The maximum atomic E-state index is 6.48. The van der Waals surface area contributed by atoms with E-state index in [1.807, 2.05) is 66.7 Å². The van der Waals surface area contributed by atoms with Crippen LogP contribution in [0.5, 0.6) is 0 Å². The van der Waals surface area contributed by atoms with E-state index < -0.39 is 0 Å². The second kappa shape index (κ2) is 14.1. The maximum Gasteiger partial charge on any atom is 0.238 e. The Labute approximate surface area is 367 Å². The van der Waals surface area contributed by atoms with Crippen LogP contribution in [0.2, 0.25) is 0 Å². The molecule has 300 valence electrons. The Bertz CT molecular complexity index is 3840. The quantitative estimate of drug-likeness (QED) is 0.169. The first-order valence-electron chi connectivity index (χ1n) is 21.5. The van der Waals surface area contributed by atoms with Crippen LogP contribution in [0.3, 0.4) is 0 Å². The summed E-state index contributed by atoms with van der Waals surface area (Å²) in [6.45, 7) is 0. The summed E-state index contributed by atoms with van der Waals surface area (Å²) in [6.07, 6.45) is 0. The van der Waals surface area contributed by atoms with E-state index in [2.05, 4.69) is 159 Å². The number of nitrogen functional groups attached to an aromatic ring is 1. The number of para-hydroxylation sites is 3. The summed E-state index contributed by atoms with van der Waals surface area (Å²) in [5.74, 6) is 1.82. The fourth-order valence-electron chi connectivity index (χ4n) is 9.71. The number of hydrogen-bond acceptors (Lipinski definition) is 4. The Kier molecular flexibility index (Phi) is 7.92. The molecule has 13 aromatic rings. The number of benzene rings is 9. The van der Waals surface area contributed by atoms with E-state index >= 15 is 0 Å². The predicted molar refractivity (Wildman–Crippen MR) is 264 cm³/mol. The largest absolute Gasteiger partial charge is 0.399 e. The lowest BCUT2D eigenvalue weighted by molar-refractivity contribution is 0.953. The van der Waals surface area contributed by atoms with Gasteiger partial charge in [-0.1, -0.05) is 140 Å². The van der Waals surface area contributed by atoms with Gasteiger partial charge >= 0.3 is 0 Å². The standard InChI is InChI=1S/C57H37N7/c58-40-26-31-52-47(34-40)48-35-42(63-49-20-10-7-17-43(49)44-18-8-11-21-50(44)63)29-32-53(48)62(52)41-27-23-36(24-28-41)39-25-30-46-45-19-9-12-22-51(45)64(54(46)33-39)57-60-55(37-13-3-1-4-14-37)59-56(61-57)38-15-5-2-6-16-38/h1-35H,58H2. The van der Waals surface area contributed by atoms with Gasteiger partial charge in [-0.25, -0.2) is 4.98 Å². The highest BCUT2D eigenvalue weighted by Crippen LogP contribution is 2.39. The van der Waals surface area contributed by atoms with Gasteiger partial charge in [-0.3, -0.25) is 4.57 Å². The number of fused-ring (bicyclic) bond motifs is 9. The molecule has 0 fully saturated rings. The predicted octanol–water partition coefficient (Wildman–Crippen LogP) is 13.7. The third kappa shape index (κ3) is 5.58. The molecule has 4 heterocycles. The van der Waals surface area contributed by atoms with E-state index in [1.54, 1.807) is 0 Å². The molecule has 0 unspecified atom stereocenters. The molecule has 0 radical (unpaired) electrons. The maximum absolute atomic E-state index is 6.48. The van der Waals surface area contributed by atoms with Crippen LogP contribution < -0.4 is 5.73 Å². The van der Waals surface area contributed by atoms with Crippen LogP contribution in [0.15, 0.2) is 212 Å². The van der Waals surface area contributed by atoms with Crippen molar-refractivity contribution in [2.75, 3.05) is 5.73 Å². The zero-order valence-corrected chi connectivity index (χ0v) is 34.5. The second-order valence-electron chi connectivity index (χ2n) is 16.3. The molecule has 0 aliphatic heterocycles. The van der Waals surface area contributed by atoms with Gasteiger partial charge in [0, 0.05) is 60.5 Å². The Morgan fingerprint density at radius 1 is 0.281 bits per heavy atom. The van der Waals surface area contributed by atoms with Crippen molar-refractivity contribution in [3.05, 3.63) is 212 Å². The fraction of sp³-hybridized carbons (Fsp3) is 0. The Balaban J connectivity index is 0.945. The number of anilines is 1. The van der Waals surface area contributed by atoms with Crippen LogP contribution in [0.1, 0.15) is 0 Å². The van der Waals surface area contributed by atoms with Crippen molar-refractivity contribution in [1.29, 1.82) is 0 Å². The van der Waals surface area contributed by atoms with E-state index in [0.717, 1.165) is 82.9 Å². The highest BCUT2D eigenvalue weighted by Gasteiger charge is 2.20. The molecular formula is C57H37N7. The van der Waals surface area contributed by atoms with E-state index in [4.69, 9.17) is 20.7 Å². The van der Waals surface area contributed by atoms with Crippen molar-refractivity contribution >= 4 is 71.1 Å². The van der Waals surface area contributed by atoms with Crippen LogP contribution in [0.25, 0.3) is 117 Å². The third-order valence-corrected chi connectivity index (χ3v) is 12.6. The molecule has 0 amide bonds. The number of rotatable bonds is 6. The van der Waals surface area contributed by atoms with Crippen molar-refractivity contribution in [1.82, 2.24) is 28.7 Å². The summed E-state index contributed by atoms with van der Waals surface area (Å²) in [5, 5.41) is 7.01. The summed E-state index contributed by atoms with van der Waals surface area (Å²) in [4.78, 5) is 15.3. The molecular weight excluding hydrogens is 783 g/mol. The fourth-order valence-corrected chi connectivity index (χ4v) is 9.71. The lowest BCUT2D eigenvalue weighted by atomic mass is 10.0. The van der Waals surface area contributed by atoms with E-state index in [9.17, 15) is 0 Å². The first kappa shape index (κ1) is 35.9. The summed E-state index contributed by atoms with van der Waals surface area (Å²) < 4.78 is 6.90. The normalized spacial score (nSPS) is 11.8. The minimum atomic E-state index is 0.569. The minimum Gasteiger partial charge on any atom is -0.399 e. The topological polar surface area (TPSA) is 79.5 Å². The average molecular weight is 820 g/mol. The monoisotopic (exact) mass is 819 g/mol. The zero-order chi connectivity index (χ0) is 42.3. The molecule has 0 aliphatic carbocycles. The Morgan fingerprint density at radius 2 is 0.734 bits per heavy atom. The molecule has 0 spiro atoms. The molecule has 64 heavy (non-hydrogen) atoms. The summed E-state index contributed by atoms with van der Waals surface area (Å²) in [7, 11) is 0. The lowest BCUT2D eigenvalue weighted by Crippen LogP contribution is -2.06. The SMILES string of the molecule is Nc1ccc2c(c1)c1cc(-n3c4ccccc4c4ccccc43)ccc1n2-c1ccc(-c2ccc3c4ccccc4n(-c4nc(-c5ccccc5)nc(-c5ccccc5)n4)c3c2)cc1. The third-order valence-electron chi connectivity index (χ3n) is 12.6. The zero-order valence-electron chi connectivity index (χ0n) is 34.5. The first-order valence-corrected chi connectivity index (χ1v) is 21.5. The highest BCUT2D eigenvalue weighted by atomic mass is 15.2. The van der Waals surface area contributed by atoms with E-state index in [0.29, 0.717) is 17.6 Å². The highest BCUT2D eigenvalue weighted by molar-refractivity contribution is 6.13. The lowest BCUT2D eigenvalue weighted by Gasteiger charge is -2.12. The molecule has 4 aromatic heterocycles. The Hall–Kier alpha value is -8.81. The van der Waals surface area contributed by atoms with Crippen molar-refractivity contribution in [3.8, 4) is 51.2 Å². The molecule has 0 saturated heterocycles. The van der Waals surface area contributed by atoms with Gasteiger partial charge in [0.2, 0.25) is 5.95 Å². The van der Waals surface area contributed by atoms with Crippen LogP contribution >= 0.6 is 0 Å². The van der Waals surface area contributed by atoms with Gasteiger partial charge in [-0.05, 0) is 83.9 Å². The summed E-state index contributed by atoms with van der Waals surface area (Å²) in [6, 6.07) is 74.6. The van der Waals surface area contributed by atoms with Crippen LogP contribution in [0, 0.1) is 0 Å². The van der Waals surface area contributed by atoms with Crippen LogP contribution in [-0.4, -0.2) is 28.7 Å². The number of nitrogens with zero attached hydrogens (tertiary/aromatic N) is 6. The molecule has 0 saturated carbocycles. The van der Waals surface area contributed by atoms with Gasteiger partial charge in [0.25, 0.3) is 0 Å². The van der Waals surface area contributed by atoms with Crippen LogP contribution in [-0.2, 0) is 0 Å². The van der Waals surface area contributed by atoms with Crippen LogP contribution in [0.4, 0.5) is 5.69 Å². The van der Waals surface area contributed by atoms with Gasteiger partial charge in [0.15, 0.2) is 11.6 Å². The van der Waals surface area contributed by atoms with Gasteiger partial charge in [0.1, 0.15) is 0 Å². The molecule has 7 nitrogen and oxygen atoms in total. The summed E-state index contributed by atoms with van der Waals surface area (Å²) >= 11 is 0. The smallest absolute Gasteiger partial charge is 0.238 e. The van der Waals surface area contributed by atoms with Crippen molar-refractivity contribution in [3.63, 3.8) is 0 Å². The second-order valence-corrected chi connectivity index (χ2v) is 16.3. The molecule has 7 heteroatoms.